The van der Waals surface area contributed by atoms with Crippen LogP contribution in [0.2, 0.25) is 5.02 Å². The van der Waals surface area contributed by atoms with E-state index in [4.69, 9.17) is 17.3 Å². The number of carbonyl (C=O) groups excluding carboxylic acids is 1. The first-order chi connectivity index (χ1) is 14.6. The Labute approximate surface area is 181 Å². The predicted octanol–water partition coefficient (Wildman–Crippen LogP) is 5.07. The molecule has 154 valence electrons. The molecule has 0 saturated carbocycles. The third-order valence-electron chi connectivity index (χ3n) is 5.58. The van der Waals surface area contributed by atoms with Gasteiger partial charge in [-0.15, -0.1) is 0 Å². The first-order valence-electron chi connectivity index (χ1n) is 10.3. The lowest BCUT2D eigenvalue weighted by molar-refractivity contribution is -0.135. The first kappa shape index (κ1) is 20.4. The number of aryl methyl sites for hydroxylation is 1. The van der Waals surface area contributed by atoms with Crippen LogP contribution in [0.25, 0.3) is 11.1 Å². The summed E-state index contributed by atoms with van der Waals surface area (Å²) in [6, 6.07) is 17.6. The number of nitrogen functional groups attached to an aromatic ring is 1. The zero-order valence-electron chi connectivity index (χ0n) is 16.8. The van der Waals surface area contributed by atoms with Gasteiger partial charge in [0.1, 0.15) is 0 Å². The fourth-order valence-corrected chi connectivity index (χ4v) is 4.29. The van der Waals surface area contributed by atoms with Crippen LogP contribution in [0.1, 0.15) is 43.0 Å². The van der Waals surface area contributed by atoms with Crippen molar-refractivity contribution in [3.8, 4) is 11.1 Å². The normalized spacial score (nSPS) is 16.4. The Balaban J connectivity index is 1.62. The van der Waals surface area contributed by atoms with E-state index in [0.29, 0.717) is 11.4 Å². The summed E-state index contributed by atoms with van der Waals surface area (Å²) in [6.07, 6.45) is 5.86. The lowest BCUT2D eigenvalue weighted by Crippen LogP contribution is -2.39. The van der Waals surface area contributed by atoms with Gasteiger partial charge < -0.3 is 10.6 Å². The van der Waals surface area contributed by atoms with Gasteiger partial charge in [-0.3, -0.25) is 4.79 Å². The Morgan fingerprint density at radius 3 is 2.77 bits per heavy atom. The molecule has 1 aromatic heterocycles. The number of anilines is 1. The number of amides is 1. The molecule has 1 fully saturated rings. The molecule has 0 aliphatic carbocycles. The largest absolute Gasteiger partial charge is 0.368 e. The van der Waals surface area contributed by atoms with Crippen molar-refractivity contribution in [3.05, 3.63) is 77.1 Å². The third kappa shape index (κ3) is 4.62. The number of likely N-dealkylation sites (tertiary alicyclic amines) is 1. The molecule has 0 radical (unpaired) electrons. The van der Waals surface area contributed by atoms with E-state index in [9.17, 15) is 4.79 Å². The van der Waals surface area contributed by atoms with E-state index in [1.807, 2.05) is 47.4 Å². The maximum absolute atomic E-state index is 13.2. The lowest BCUT2D eigenvalue weighted by atomic mass is 9.93. The molecule has 1 amide bonds. The molecule has 2 N–H and O–H groups in total. The van der Waals surface area contributed by atoms with Crippen molar-refractivity contribution in [2.75, 3.05) is 12.3 Å². The summed E-state index contributed by atoms with van der Waals surface area (Å²) in [5, 5.41) is 0.648. The van der Waals surface area contributed by atoms with Gasteiger partial charge in [-0.05, 0) is 48.9 Å². The van der Waals surface area contributed by atoms with Crippen molar-refractivity contribution in [2.45, 2.75) is 38.1 Å². The SMILES string of the molecule is Nc1ncc(-c2cccc(Cl)c2)c(C2CCCCN2C(=O)CCc2ccccc2)n1. The van der Waals surface area contributed by atoms with Crippen LogP contribution in [0.5, 0.6) is 0 Å². The molecular weight excluding hydrogens is 396 g/mol. The van der Waals surface area contributed by atoms with Gasteiger partial charge in [0.2, 0.25) is 11.9 Å². The molecule has 1 atom stereocenters. The third-order valence-corrected chi connectivity index (χ3v) is 5.82. The zero-order chi connectivity index (χ0) is 20.9. The number of nitrogens with zero attached hydrogens (tertiary/aromatic N) is 3. The van der Waals surface area contributed by atoms with Gasteiger partial charge in [0.25, 0.3) is 0 Å². The minimum absolute atomic E-state index is 0.110. The second-order valence-corrected chi connectivity index (χ2v) is 8.06. The van der Waals surface area contributed by atoms with E-state index in [1.54, 1.807) is 6.20 Å². The fourth-order valence-electron chi connectivity index (χ4n) is 4.10. The van der Waals surface area contributed by atoms with Gasteiger partial charge in [-0.2, -0.15) is 0 Å². The number of hydrogen-bond acceptors (Lipinski definition) is 4. The highest BCUT2D eigenvalue weighted by Gasteiger charge is 2.31. The van der Waals surface area contributed by atoms with Crippen LogP contribution < -0.4 is 5.73 Å². The van der Waals surface area contributed by atoms with E-state index >= 15 is 0 Å². The number of halogens is 1. The van der Waals surface area contributed by atoms with E-state index in [0.717, 1.165) is 49.0 Å². The van der Waals surface area contributed by atoms with E-state index in [-0.39, 0.29) is 17.9 Å². The van der Waals surface area contributed by atoms with E-state index in [1.165, 1.54) is 5.56 Å². The van der Waals surface area contributed by atoms with Gasteiger partial charge in [-0.25, -0.2) is 9.97 Å². The number of hydrogen-bond donors (Lipinski definition) is 1. The maximum atomic E-state index is 13.2. The molecule has 30 heavy (non-hydrogen) atoms. The minimum Gasteiger partial charge on any atom is -0.368 e. The Morgan fingerprint density at radius 1 is 1.13 bits per heavy atom. The van der Waals surface area contributed by atoms with E-state index in [2.05, 4.69) is 22.1 Å². The fraction of sp³-hybridized carbons (Fsp3) is 0.292. The number of nitrogens with two attached hydrogens (primary N) is 1. The molecule has 2 heterocycles. The van der Waals surface area contributed by atoms with Crippen molar-refractivity contribution >= 4 is 23.5 Å². The summed E-state index contributed by atoms with van der Waals surface area (Å²) in [5.74, 6) is 0.371. The number of aromatic nitrogens is 2. The van der Waals surface area contributed by atoms with Crippen molar-refractivity contribution in [3.63, 3.8) is 0 Å². The number of rotatable bonds is 5. The second kappa shape index (κ2) is 9.26. The predicted molar refractivity (Wildman–Crippen MR) is 120 cm³/mol. The van der Waals surface area contributed by atoms with E-state index < -0.39 is 0 Å². The Kier molecular flexibility index (Phi) is 6.29. The smallest absolute Gasteiger partial charge is 0.223 e. The average molecular weight is 421 g/mol. The first-order valence-corrected chi connectivity index (χ1v) is 10.7. The number of piperidine rings is 1. The Hall–Kier alpha value is -2.92. The molecular formula is C24H25ClN4O. The minimum atomic E-state index is -0.110. The van der Waals surface area contributed by atoms with Gasteiger partial charge in [0.15, 0.2) is 0 Å². The van der Waals surface area contributed by atoms with Gasteiger partial charge >= 0.3 is 0 Å². The standard InChI is InChI=1S/C24H25ClN4O/c25-19-10-6-9-18(15-19)20-16-27-24(26)28-23(20)21-11-4-5-14-29(21)22(30)13-12-17-7-2-1-3-8-17/h1-3,6-10,15-16,21H,4-5,11-14H2,(H2,26,27,28). The van der Waals surface area contributed by atoms with Crippen LogP contribution in [-0.4, -0.2) is 27.3 Å². The van der Waals surface area contributed by atoms with Crippen LogP contribution in [0, 0.1) is 0 Å². The highest BCUT2D eigenvalue weighted by Crippen LogP contribution is 2.36. The van der Waals surface area contributed by atoms with Gasteiger partial charge in [-0.1, -0.05) is 54.1 Å². The molecule has 1 saturated heterocycles. The molecule has 1 unspecified atom stereocenters. The lowest BCUT2D eigenvalue weighted by Gasteiger charge is -2.36. The van der Waals surface area contributed by atoms with Crippen molar-refractivity contribution in [1.29, 1.82) is 0 Å². The molecule has 1 aliphatic rings. The summed E-state index contributed by atoms with van der Waals surface area (Å²) in [5.41, 5.74) is 9.73. The quantitative estimate of drug-likeness (QED) is 0.625. The van der Waals surface area contributed by atoms with Crippen LogP contribution >= 0.6 is 11.6 Å². The summed E-state index contributed by atoms with van der Waals surface area (Å²) in [6.45, 7) is 0.733. The van der Waals surface area contributed by atoms with Crippen molar-refractivity contribution < 1.29 is 4.79 Å². The molecule has 3 aromatic rings. The Morgan fingerprint density at radius 2 is 1.97 bits per heavy atom. The van der Waals surface area contributed by atoms with Crippen LogP contribution in [-0.2, 0) is 11.2 Å². The molecule has 2 aromatic carbocycles. The van der Waals surface area contributed by atoms with Crippen molar-refractivity contribution in [1.82, 2.24) is 14.9 Å². The highest BCUT2D eigenvalue weighted by molar-refractivity contribution is 6.30. The molecule has 6 heteroatoms. The van der Waals surface area contributed by atoms with Crippen LogP contribution in [0.15, 0.2) is 60.8 Å². The monoisotopic (exact) mass is 420 g/mol. The second-order valence-electron chi connectivity index (χ2n) is 7.62. The highest BCUT2D eigenvalue weighted by atomic mass is 35.5. The zero-order valence-corrected chi connectivity index (χ0v) is 17.6. The molecule has 0 bridgehead atoms. The maximum Gasteiger partial charge on any atom is 0.223 e. The Bertz CT molecular complexity index is 1020. The number of carbonyl (C=O) groups is 1. The van der Waals surface area contributed by atoms with Crippen molar-refractivity contribution in [2.24, 2.45) is 0 Å². The molecule has 4 rings (SSSR count). The molecule has 0 spiro atoms. The summed E-state index contributed by atoms with van der Waals surface area (Å²) in [7, 11) is 0. The van der Waals surface area contributed by atoms with Crippen LogP contribution in [0.3, 0.4) is 0 Å². The topological polar surface area (TPSA) is 72.1 Å². The van der Waals surface area contributed by atoms with Gasteiger partial charge in [0.05, 0.1) is 11.7 Å². The summed E-state index contributed by atoms with van der Waals surface area (Å²) < 4.78 is 0. The summed E-state index contributed by atoms with van der Waals surface area (Å²) >= 11 is 6.21. The molecule has 1 aliphatic heterocycles. The van der Waals surface area contributed by atoms with Gasteiger partial charge in [0, 0.05) is 29.7 Å². The van der Waals surface area contributed by atoms with Crippen LogP contribution in [0.4, 0.5) is 5.95 Å². The number of benzene rings is 2. The average Bonchev–Trinajstić information content (AvgIpc) is 2.78. The summed E-state index contributed by atoms with van der Waals surface area (Å²) in [4.78, 5) is 23.9. The molecule has 5 nitrogen and oxygen atoms in total.